The smallest absolute Gasteiger partial charge is 0.410 e. The Morgan fingerprint density at radius 2 is 1.75 bits per heavy atom. The molecule has 2 aliphatic heterocycles. The topological polar surface area (TPSA) is 88.0 Å². The molecule has 2 saturated heterocycles. The zero-order valence-electron chi connectivity index (χ0n) is 26.0. The number of rotatable bonds is 7. The van der Waals surface area contributed by atoms with E-state index in [-0.39, 0.29) is 6.09 Å². The van der Waals surface area contributed by atoms with E-state index in [1.807, 2.05) is 44.0 Å². The summed E-state index contributed by atoms with van der Waals surface area (Å²) in [4.78, 5) is 28.5. The number of anilines is 3. The highest BCUT2D eigenvalue weighted by molar-refractivity contribution is 5.95. The number of piperazine rings is 1. The number of ether oxygens (including phenoxy) is 2. The minimum absolute atomic E-state index is 0.216. The van der Waals surface area contributed by atoms with E-state index in [0.717, 1.165) is 54.6 Å². The standard InChI is InChI=1S/C34H41N7O3/c1-34(2,3)44-33(42)39-17-15-38(16-18-39)25-20-40(21-25)24-11-12-29(31(19-24)43-4)37-32-35-14-13-28(36-32)27-22-41(23-9-10-23)30-8-6-5-7-26(27)30/h5-8,11-14,19,22-23,25H,9-10,15-18,20-21H2,1-4H3,(H,35,36,37). The normalized spacial score (nSPS) is 17.9. The lowest BCUT2D eigenvalue weighted by atomic mass is 10.0. The fourth-order valence-electron chi connectivity index (χ4n) is 6.23. The zero-order chi connectivity index (χ0) is 30.4. The molecule has 1 saturated carbocycles. The molecular weight excluding hydrogens is 554 g/mol. The van der Waals surface area contributed by atoms with Gasteiger partial charge in [0.2, 0.25) is 5.95 Å². The maximum atomic E-state index is 12.4. The number of nitrogens with one attached hydrogen (secondary N) is 1. The summed E-state index contributed by atoms with van der Waals surface area (Å²) in [5.74, 6) is 1.28. The number of benzene rings is 2. The number of carbonyl (C=O) groups is 1. The van der Waals surface area contributed by atoms with Gasteiger partial charge in [-0.15, -0.1) is 0 Å². The lowest BCUT2D eigenvalue weighted by molar-refractivity contribution is 0.00876. The van der Waals surface area contributed by atoms with Crippen LogP contribution in [0.25, 0.3) is 22.2 Å². The number of nitrogens with zero attached hydrogens (tertiary/aromatic N) is 6. The molecule has 0 bridgehead atoms. The van der Waals surface area contributed by atoms with Crippen molar-refractivity contribution in [2.45, 2.75) is 51.3 Å². The van der Waals surface area contributed by atoms with Crippen molar-refractivity contribution in [3.63, 3.8) is 0 Å². The van der Waals surface area contributed by atoms with Crippen molar-refractivity contribution >= 4 is 34.3 Å². The second-order valence-corrected chi connectivity index (χ2v) is 13.0. The van der Waals surface area contributed by atoms with Gasteiger partial charge in [-0.25, -0.2) is 14.8 Å². The van der Waals surface area contributed by atoms with E-state index in [1.165, 1.54) is 23.7 Å². The quantitative estimate of drug-likeness (QED) is 0.282. The van der Waals surface area contributed by atoms with E-state index < -0.39 is 5.60 Å². The average Bonchev–Trinajstić information content (AvgIpc) is 3.76. The van der Waals surface area contributed by atoms with Gasteiger partial charge in [0, 0.05) is 92.0 Å². The number of hydrogen-bond acceptors (Lipinski definition) is 8. The van der Waals surface area contributed by atoms with Crippen LogP contribution in [0.3, 0.4) is 0 Å². The third-order valence-electron chi connectivity index (χ3n) is 8.75. The van der Waals surface area contributed by atoms with Crippen LogP contribution in [0, 0.1) is 0 Å². The third-order valence-corrected chi connectivity index (χ3v) is 8.75. The molecule has 10 heteroatoms. The summed E-state index contributed by atoms with van der Waals surface area (Å²) < 4.78 is 13.7. The van der Waals surface area contributed by atoms with Crippen molar-refractivity contribution in [1.29, 1.82) is 0 Å². The van der Waals surface area contributed by atoms with Crippen LogP contribution >= 0.6 is 0 Å². The molecule has 1 aliphatic carbocycles. The second-order valence-electron chi connectivity index (χ2n) is 13.0. The fraction of sp³-hybridized carbons (Fsp3) is 0.441. The first-order chi connectivity index (χ1) is 21.3. The summed E-state index contributed by atoms with van der Waals surface area (Å²) in [6.07, 6.45) is 6.30. The van der Waals surface area contributed by atoms with Crippen molar-refractivity contribution in [2.24, 2.45) is 0 Å². The number of para-hydroxylation sites is 1. The Bertz CT molecular complexity index is 1660. The van der Waals surface area contributed by atoms with Crippen LogP contribution in [0.2, 0.25) is 0 Å². The fourth-order valence-corrected chi connectivity index (χ4v) is 6.23. The minimum Gasteiger partial charge on any atom is -0.494 e. The van der Waals surface area contributed by atoms with E-state index in [1.54, 1.807) is 7.11 Å². The Kier molecular flexibility index (Phi) is 7.32. The molecule has 0 atom stereocenters. The zero-order valence-corrected chi connectivity index (χ0v) is 26.0. The second kappa shape index (κ2) is 11.3. The number of amides is 1. The highest BCUT2D eigenvalue weighted by Crippen LogP contribution is 2.41. The van der Waals surface area contributed by atoms with Crippen LogP contribution in [0.15, 0.2) is 60.9 Å². The molecule has 3 aliphatic rings. The van der Waals surface area contributed by atoms with Crippen LogP contribution in [0.1, 0.15) is 39.7 Å². The van der Waals surface area contributed by atoms with E-state index in [2.05, 4.69) is 67.3 Å². The summed E-state index contributed by atoms with van der Waals surface area (Å²) in [5.41, 5.74) is 4.75. The van der Waals surface area contributed by atoms with E-state index in [0.29, 0.717) is 31.1 Å². The molecule has 4 aromatic rings. The monoisotopic (exact) mass is 595 g/mol. The highest BCUT2D eigenvalue weighted by atomic mass is 16.6. The number of carbonyl (C=O) groups excluding carboxylic acids is 1. The molecule has 0 radical (unpaired) electrons. The Labute approximate surface area is 258 Å². The van der Waals surface area contributed by atoms with Gasteiger partial charge in [0.15, 0.2) is 0 Å². The van der Waals surface area contributed by atoms with Crippen LogP contribution in [0.4, 0.5) is 22.1 Å². The Hall–Kier alpha value is -4.31. The SMILES string of the molecule is COc1cc(N2CC(N3CCN(C(=O)OC(C)(C)C)CC3)C2)ccc1Nc1nccc(-c2cn(C3CC3)c3ccccc23)n1. The van der Waals surface area contributed by atoms with Crippen molar-refractivity contribution in [3.05, 3.63) is 60.9 Å². The molecule has 0 spiro atoms. The van der Waals surface area contributed by atoms with Crippen LogP contribution in [-0.4, -0.2) is 88.4 Å². The van der Waals surface area contributed by atoms with Gasteiger partial charge >= 0.3 is 6.09 Å². The molecule has 44 heavy (non-hydrogen) atoms. The molecular formula is C34H41N7O3. The lowest BCUT2D eigenvalue weighted by Crippen LogP contribution is -2.63. The minimum atomic E-state index is -0.468. The molecule has 230 valence electrons. The first kappa shape index (κ1) is 28.5. The first-order valence-corrected chi connectivity index (χ1v) is 15.6. The average molecular weight is 596 g/mol. The molecule has 10 nitrogen and oxygen atoms in total. The van der Waals surface area contributed by atoms with Crippen LogP contribution in [0.5, 0.6) is 5.75 Å². The van der Waals surface area contributed by atoms with Crippen molar-refractivity contribution in [3.8, 4) is 17.0 Å². The van der Waals surface area contributed by atoms with Gasteiger partial charge in [0.25, 0.3) is 0 Å². The van der Waals surface area contributed by atoms with Gasteiger partial charge in [-0.3, -0.25) is 4.90 Å². The van der Waals surface area contributed by atoms with Crippen molar-refractivity contribution in [2.75, 3.05) is 56.6 Å². The highest BCUT2D eigenvalue weighted by Gasteiger charge is 2.35. The predicted octanol–water partition coefficient (Wildman–Crippen LogP) is 5.93. The Morgan fingerprint density at radius 3 is 2.48 bits per heavy atom. The molecule has 7 rings (SSSR count). The molecule has 0 unspecified atom stereocenters. The Balaban J connectivity index is 0.991. The summed E-state index contributed by atoms with van der Waals surface area (Å²) in [5, 5.41) is 4.60. The largest absolute Gasteiger partial charge is 0.494 e. The summed E-state index contributed by atoms with van der Waals surface area (Å²) >= 11 is 0. The van der Waals surface area contributed by atoms with Crippen molar-refractivity contribution < 1.29 is 14.3 Å². The van der Waals surface area contributed by atoms with Gasteiger partial charge < -0.3 is 29.2 Å². The summed E-state index contributed by atoms with van der Waals surface area (Å²) in [7, 11) is 1.69. The van der Waals surface area contributed by atoms with Crippen LogP contribution in [-0.2, 0) is 4.74 Å². The number of methoxy groups -OCH3 is 1. The van der Waals surface area contributed by atoms with Gasteiger partial charge in [0.1, 0.15) is 11.4 Å². The maximum Gasteiger partial charge on any atom is 0.410 e. The predicted molar refractivity (Wildman–Crippen MR) is 173 cm³/mol. The van der Waals surface area contributed by atoms with Gasteiger partial charge in [-0.05, 0) is 57.9 Å². The number of aromatic nitrogens is 3. The molecule has 1 amide bonds. The molecule has 2 aromatic carbocycles. The van der Waals surface area contributed by atoms with Gasteiger partial charge in [-0.1, -0.05) is 18.2 Å². The van der Waals surface area contributed by atoms with Gasteiger partial charge in [-0.2, -0.15) is 0 Å². The lowest BCUT2D eigenvalue weighted by Gasteiger charge is -2.49. The van der Waals surface area contributed by atoms with E-state index >= 15 is 0 Å². The number of hydrogen-bond donors (Lipinski definition) is 1. The number of fused-ring (bicyclic) bond motifs is 1. The molecule has 4 heterocycles. The van der Waals surface area contributed by atoms with E-state index in [4.69, 9.17) is 14.5 Å². The summed E-state index contributed by atoms with van der Waals surface area (Å²) in [6.45, 7) is 10.7. The van der Waals surface area contributed by atoms with Crippen LogP contribution < -0.4 is 15.0 Å². The molecule has 3 fully saturated rings. The van der Waals surface area contributed by atoms with Gasteiger partial charge in [0.05, 0.1) is 18.5 Å². The Morgan fingerprint density at radius 1 is 0.977 bits per heavy atom. The first-order valence-electron chi connectivity index (χ1n) is 15.6. The summed E-state index contributed by atoms with van der Waals surface area (Å²) in [6, 6.07) is 17.8. The molecule has 1 N–H and O–H groups in total. The van der Waals surface area contributed by atoms with Crippen molar-refractivity contribution in [1.82, 2.24) is 24.3 Å². The maximum absolute atomic E-state index is 12.4. The molecule has 2 aromatic heterocycles. The van der Waals surface area contributed by atoms with E-state index in [9.17, 15) is 4.79 Å². The third kappa shape index (κ3) is 5.78.